The predicted octanol–water partition coefficient (Wildman–Crippen LogP) is 3.18. The van der Waals surface area contributed by atoms with Crippen molar-refractivity contribution in [1.82, 2.24) is 0 Å². The molecule has 0 spiro atoms. The van der Waals surface area contributed by atoms with E-state index in [1.54, 1.807) is 19.3 Å². The second kappa shape index (κ2) is 9.28. The maximum atomic E-state index is 13.0. The van der Waals surface area contributed by atoms with Gasteiger partial charge < -0.3 is 24.1 Å². The zero-order chi connectivity index (χ0) is 22.8. The van der Waals surface area contributed by atoms with Gasteiger partial charge in [0.25, 0.3) is 0 Å². The first-order chi connectivity index (χ1) is 14.6. The third kappa shape index (κ3) is 4.65. The van der Waals surface area contributed by atoms with Crippen molar-refractivity contribution < 1.29 is 28.9 Å². The van der Waals surface area contributed by atoms with Gasteiger partial charge in [-0.2, -0.15) is 0 Å². The minimum atomic E-state index is -2.01. The molecule has 6 nitrogen and oxygen atoms in total. The highest BCUT2D eigenvalue weighted by Gasteiger charge is 2.59. The van der Waals surface area contributed by atoms with Gasteiger partial charge in [-0.1, -0.05) is 56.9 Å². The second-order valence-electron chi connectivity index (χ2n) is 9.46. The van der Waals surface area contributed by atoms with E-state index in [2.05, 4.69) is 19.6 Å². The van der Waals surface area contributed by atoms with Crippen LogP contribution in [0.25, 0.3) is 0 Å². The lowest BCUT2D eigenvalue weighted by Gasteiger charge is -2.49. The Kier molecular flexibility index (Phi) is 7.10. The number of esters is 1. The molecular weight excluding hydrogens is 412 g/mol. The van der Waals surface area contributed by atoms with Gasteiger partial charge in [0.15, 0.2) is 0 Å². The van der Waals surface area contributed by atoms with Gasteiger partial charge in [-0.25, -0.2) is 0 Å². The standard InChI is InChI=1S/C24H34O6Si/c1-6-28-22(26)19-14-16(2)20(25)21(30-15-17-10-8-7-9-11-17)24(19,27)18-12-13-29-23(18)31(3,4)5/h7-13,16,19-21,25,27H,6,14-15H2,1-5H3/t16-,19-,20+,21-,24+/m0/s1. The van der Waals surface area contributed by atoms with Crippen molar-refractivity contribution >= 4 is 19.4 Å². The van der Waals surface area contributed by atoms with Crippen molar-refractivity contribution in [2.75, 3.05) is 6.61 Å². The topological polar surface area (TPSA) is 89.1 Å². The van der Waals surface area contributed by atoms with Crippen LogP contribution in [0.15, 0.2) is 47.1 Å². The second-order valence-corrected chi connectivity index (χ2v) is 14.4. The number of furan rings is 1. The minimum Gasteiger partial charge on any atom is -0.474 e. The van der Waals surface area contributed by atoms with E-state index in [1.165, 1.54) is 0 Å². The maximum Gasteiger partial charge on any atom is 0.312 e. The maximum absolute atomic E-state index is 13.0. The fraction of sp³-hybridized carbons (Fsp3) is 0.542. The van der Waals surface area contributed by atoms with E-state index >= 15 is 0 Å². The fourth-order valence-electron chi connectivity index (χ4n) is 4.50. The summed E-state index contributed by atoms with van der Waals surface area (Å²) in [6.45, 7) is 10.4. The lowest BCUT2D eigenvalue weighted by molar-refractivity contribution is -0.230. The van der Waals surface area contributed by atoms with Gasteiger partial charge in [0, 0.05) is 5.56 Å². The van der Waals surface area contributed by atoms with Crippen LogP contribution >= 0.6 is 0 Å². The van der Waals surface area contributed by atoms with Gasteiger partial charge in [-0.3, -0.25) is 4.79 Å². The Hall–Kier alpha value is -1.93. The number of rotatable bonds is 7. The van der Waals surface area contributed by atoms with Gasteiger partial charge >= 0.3 is 5.97 Å². The number of hydrogen-bond acceptors (Lipinski definition) is 6. The highest BCUT2D eigenvalue weighted by Crippen LogP contribution is 2.46. The molecule has 1 aromatic heterocycles. The van der Waals surface area contributed by atoms with Crippen molar-refractivity contribution in [3.63, 3.8) is 0 Å². The van der Waals surface area contributed by atoms with E-state index in [9.17, 15) is 15.0 Å². The molecular formula is C24H34O6Si. The summed E-state index contributed by atoms with van der Waals surface area (Å²) in [6, 6.07) is 11.3. The number of benzene rings is 1. The van der Waals surface area contributed by atoms with Gasteiger partial charge in [-0.15, -0.1) is 0 Å². The molecule has 1 heterocycles. The third-order valence-corrected chi connectivity index (χ3v) is 7.84. The fourth-order valence-corrected chi connectivity index (χ4v) is 6.01. The number of carbonyl (C=O) groups is 1. The molecule has 170 valence electrons. The first-order valence-electron chi connectivity index (χ1n) is 10.9. The molecule has 7 heteroatoms. The third-order valence-electron chi connectivity index (χ3n) is 6.09. The number of carbonyl (C=O) groups excluding carboxylic acids is 1. The Morgan fingerprint density at radius 1 is 1.23 bits per heavy atom. The molecule has 0 bridgehead atoms. The molecule has 1 aliphatic rings. The number of hydrogen-bond donors (Lipinski definition) is 2. The summed E-state index contributed by atoms with van der Waals surface area (Å²) >= 11 is 0. The van der Waals surface area contributed by atoms with Crippen LogP contribution < -0.4 is 5.38 Å². The lowest BCUT2D eigenvalue weighted by atomic mass is 9.65. The predicted molar refractivity (Wildman–Crippen MR) is 121 cm³/mol. The number of ether oxygens (including phenoxy) is 2. The molecule has 1 aliphatic carbocycles. The van der Waals surface area contributed by atoms with Crippen molar-refractivity contribution in [3.05, 3.63) is 53.8 Å². The summed E-state index contributed by atoms with van der Waals surface area (Å²) in [5.74, 6) is -1.61. The highest BCUT2D eigenvalue weighted by molar-refractivity contribution is 6.88. The van der Waals surface area contributed by atoms with Crippen molar-refractivity contribution in [2.24, 2.45) is 11.8 Å². The van der Waals surface area contributed by atoms with Gasteiger partial charge in [0.1, 0.15) is 19.8 Å². The van der Waals surface area contributed by atoms with Gasteiger partial charge in [0.05, 0.1) is 36.9 Å². The molecule has 0 amide bonds. The van der Waals surface area contributed by atoms with Gasteiger partial charge in [-0.05, 0) is 30.9 Å². The van der Waals surface area contributed by atoms with Crippen molar-refractivity contribution in [2.45, 2.75) is 64.3 Å². The van der Waals surface area contributed by atoms with Crippen LogP contribution in [-0.2, 0) is 26.5 Å². The quantitative estimate of drug-likeness (QED) is 0.502. The molecule has 31 heavy (non-hydrogen) atoms. The van der Waals surface area contributed by atoms with Crippen LogP contribution in [0.3, 0.4) is 0 Å². The van der Waals surface area contributed by atoms with Crippen molar-refractivity contribution in [3.8, 4) is 0 Å². The number of aliphatic hydroxyl groups is 2. The summed E-state index contributed by atoms with van der Waals surface area (Å²) in [4.78, 5) is 13.0. The summed E-state index contributed by atoms with van der Waals surface area (Å²) in [7, 11) is -2.01. The van der Waals surface area contributed by atoms with Gasteiger partial charge in [0.2, 0.25) is 0 Å². The summed E-state index contributed by atoms with van der Waals surface area (Å²) in [5.41, 5.74) is -0.329. The zero-order valence-corrected chi connectivity index (χ0v) is 20.0. The zero-order valence-electron chi connectivity index (χ0n) is 19.0. The van der Waals surface area contributed by atoms with Crippen molar-refractivity contribution in [1.29, 1.82) is 0 Å². The average molecular weight is 447 g/mol. The summed E-state index contributed by atoms with van der Waals surface area (Å²) in [6.07, 6.45) is -0.137. The Labute approximate surface area is 185 Å². The van der Waals surface area contributed by atoms with Crippen LogP contribution in [0.4, 0.5) is 0 Å². The molecule has 3 rings (SSSR count). The molecule has 0 saturated heterocycles. The van der Waals surface area contributed by atoms with Crippen LogP contribution in [0, 0.1) is 11.8 Å². The summed E-state index contributed by atoms with van der Waals surface area (Å²) in [5, 5.41) is 24.0. The molecule has 1 aromatic carbocycles. The molecule has 0 aliphatic heterocycles. The summed E-state index contributed by atoms with van der Waals surface area (Å²) < 4.78 is 17.3. The normalized spacial score (nSPS) is 29.0. The van der Waals surface area contributed by atoms with Crippen LogP contribution in [-0.4, -0.2) is 43.1 Å². The smallest absolute Gasteiger partial charge is 0.312 e. The van der Waals surface area contributed by atoms with E-state index in [0.717, 1.165) is 5.56 Å². The molecule has 1 fully saturated rings. The molecule has 2 N–H and O–H groups in total. The minimum absolute atomic E-state index is 0.202. The van der Waals surface area contributed by atoms with E-state index in [1.807, 2.05) is 37.3 Å². The Bertz CT molecular complexity index is 874. The van der Waals surface area contributed by atoms with E-state index in [4.69, 9.17) is 13.9 Å². The Morgan fingerprint density at radius 2 is 1.90 bits per heavy atom. The molecule has 0 radical (unpaired) electrons. The number of aliphatic hydroxyl groups excluding tert-OH is 1. The monoisotopic (exact) mass is 446 g/mol. The lowest BCUT2D eigenvalue weighted by Crippen LogP contribution is -2.63. The van der Waals surface area contributed by atoms with E-state index in [-0.39, 0.29) is 25.6 Å². The van der Waals surface area contributed by atoms with Crippen LogP contribution in [0.2, 0.25) is 19.6 Å². The first-order valence-corrected chi connectivity index (χ1v) is 14.4. The largest absolute Gasteiger partial charge is 0.474 e. The average Bonchev–Trinajstić information content (AvgIpc) is 3.23. The molecule has 1 saturated carbocycles. The Morgan fingerprint density at radius 3 is 2.52 bits per heavy atom. The molecule has 2 aromatic rings. The first kappa shape index (κ1) is 23.7. The molecule has 5 atom stereocenters. The SMILES string of the molecule is CCOC(=O)[C@@H]1C[C@H](C)[C@@H](O)[C@H](OCc2ccccc2)[C@@]1(O)c1ccoc1[Si](C)(C)C. The van der Waals surface area contributed by atoms with Crippen LogP contribution in [0.5, 0.6) is 0 Å². The van der Waals surface area contributed by atoms with Crippen LogP contribution in [0.1, 0.15) is 31.4 Å². The van der Waals surface area contributed by atoms with E-state index < -0.39 is 37.8 Å². The molecule has 0 unspecified atom stereocenters. The Balaban J connectivity index is 2.09. The van der Waals surface area contributed by atoms with E-state index in [0.29, 0.717) is 10.9 Å². The highest BCUT2D eigenvalue weighted by atomic mass is 28.3.